The van der Waals surface area contributed by atoms with E-state index in [9.17, 15) is 8.42 Å². The van der Waals surface area contributed by atoms with Crippen LogP contribution in [-0.2, 0) is 22.8 Å². The molecule has 3 heterocycles. The molecular weight excluding hydrogens is 302 g/mol. The molecule has 0 aromatic carbocycles. The van der Waals surface area contributed by atoms with Gasteiger partial charge in [0.05, 0.1) is 18.2 Å². The highest BCUT2D eigenvalue weighted by Crippen LogP contribution is 2.24. The number of hydrogen-bond donors (Lipinski definition) is 2. The Balaban J connectivity index is 1.64. The standard InChI is InChI=1S/C14H21N5O2S/c1-22(20,21)14-7-17-18-13(14)5-11-3-2-4-19(8-11)9-12-6-15-10-16-12/h6-7,10-11H,2-5,8-9H2,1H3,(H,15,16)(H,17,18). The van der Waals surface area contributed by atoms with Crippen molar-refractivity contribution in [3.8, 4) is 0 Å². The minimum atomic E-state index is -3.22. The molecule has 1 fully saturated rings. The van der Waals surface area contributed by atoms with E-state index in [1.807, 2.05) is 6.20 Å². The summed E-state index contributed by atoms with van der Waals surface area (Å²) in [5, 5.41) is 6.76. The van der Waals surface area contributed by atoms with Crippen LogP contribution in [0.1, 0.15) is 24.2 Å². The SMILES string of the molecule is CS(=O)(=O)c1cn[nH]c1CC1CCCN(Cc2cnc[nH]2)C1. The number of aromatic amines is 2. The Labute approximate surface area is 130 Å². The Kier molecular flexibility index (Phi) is 4.30. The van der Waals surface area contributed by atoms with Gasteiger partial charge in [0.15, 0.2) is 9.84 Å². The highest BCUT2D eigenvalue weighted by Gasteiger charge is 2.24. The second-order valence-corrected chi connectivity index (χ2v) is 7.99. The summed E-state index contributed by atoms with van der Waals surface area (Å²) in [5.41, 5.74) is 1.84. The zero-order valence-corrected chi connectivity index (χ0v) is 13.4. The summed E-state index contributed by atoms with van der Waals surface area (Å²) >= 11 is 0. The number of H-pyrrole nitrogens is 2. The van der Waals surface area contributed by atoms with Gasteiger partial charge in [-0.1, -0.05) is 0 Å². The summed E-state index contributed by atoms with van der Waals surface area (Å²) in [5.74, 6) is 0.442. The molecular formula is C14H21N5O2S. The molecule has 22 heavy (non-hydrogen) atoms. The Morgan fingerprint density at radius 3 is 3.00 bits per heavy atom. The van der Waals surface area contributed by atoms with E-state index in [1.165, 1.54) is 12.5 Å². The number of aromatic nitrogens is 4. The third-order valence-electron chi connectivity index (χ3n) is 4.12. The Morgan fingerprint density at radius 1 is 1.41 bits per heavy atom. The summed E-state index contributed by atoms with van der Waals surface area (Å²) in [7, 11) is -3.22. The normalized spacial score (nSPS) is 20.3. The highest BCUT2D eigenvalue weighted by atomic mass is 32.2. The predicted molar refractivity (Wildman–Crippen MR) is 82.0 cm³/mol. The smallest absolute Gasteiger partial charge is 0.178 e. The van der Waals surface area contributed by atoms with E-state index >= 15 is 0 Å². The predicted octanol–water partition coefficient (Wildman–Crippen LogP) is 0.991. The minimum absolute atomic E-state index is 0.332. The third-order valence-corrected chi connectivity index (χ3v) is 5.27. The summed E-state index contributed by atoms with van der Waals surface area (Å²) in [6.45, 7) is 2.89. The maximum atomic E-state index is 11.8. The molecule has 0 saturated carbocycles. The van der Waals surface area contributed by atoms with Crippen molar-refractivity contribution in [3.05, 3.63) is 30.1 Å². The molecule has 0 amide bonds. The first-order chi connectivity index (χ1) is 10.5. The molecule has 2 aromatic rings. The lowest BCUT2D eigenvalue weighted by atomic mass is 9.93. The van der Waals surface area contributed by atoms with Gasteiger partial charge < -0.3 is 4.98 Å². The number of sulfone groups is 1. The first kappa shape index (κ1) is 15.2. The molecule has 1 atom stereocenters. The Bertz CT molecular complexity index is 707. The van der Waals surface area contributed by atoms with Crippen molar-refractivity contribution in [2.75, 3.05) is 19.3 Å². The maximum absolute atomic E-state index is 11.8. The van der Waals surface area contributed by atoms with Crippen LogP contribution in [0.25, 0.3) is 0 Å². The molecule has 0 spiro atoms. The van der Waals surface area contributed by atoms with E-state index in [-0.39, 0.29) is 0 Å². The molecule has 2 aromatic heterocycles. The van der Waals surface area contributed by atoms with E-state index in [0.717, 1.165) is 50.3 Å². The monoisotopic (exact) mass is 323 g/mol. The van der Waals surface area contributed by atoms with E-state index in [2.05, 4.69) is 25.1 Å². The lowest BCUT2D eigenvalue weighted by Gasteiger charge is -2.32. The van der Waals surface area contributed by atoms with Crippen molar-refractivity contribution in [1.82, 2.24) is 25.1 Å². The van der Waals surface area contributed by atoms with Crippen LogP contribution in [0.15, 0.2) is 23.6 Å². The second-order valence-electron chi connectivity index (χ2n) is 6.01. The van der Waals surface area contributed by atoms with Crippen LogP contribution < -0.4 is 0 Å². The van der Waals surface area contributed by atoms with Crippen LogP contribution in [0.4, 0.5) is 0 Å². The molecule has 1 aliphatic rings. The number of nitrogens with one attached hydrogen (secondary N) is 2. The lowest BCUT2D eigenvalue weighted by Crippen LogP contribution is -2.36. The van der Waals surface area contributed by atoms with E-state index in [1.54, 1.807) is 6.33 Å². The summed E-state index contributed by atoms with van der Waals surface area (Å²) < 4.78 is 23.5. The Hall–Kier alpha value is -1.67. The lowest BCUT2D eigenvalue weighted by molar-refractivity contribution is 0.164. The van der Waals surface area contributed by atoms with E-state index in [0.29, 0.717) is 10.8 Å². The molecule has 0 radical (unpaired) electrons. The van der Waals surface area contributed by atoms with Gasteiger partial charge in [-0.05, 0) is 31.7 Å². The van der Waals surface area contributed by atoms with Gasteiger partial charge in [0.2, 0.25) is 0 Å². The van der Waals surface area contributed by atoms with Crippen molar-refractivity contribution in [1.29, 1.82) is 0 Å². The number of piperidine rings is 1. The minimum Gasteiger partial charge on any atom is -0.347 e. The topological polar surface area (TPSA) is 94.7 Å². The van der Waals surface area contributed by atoms with Gasteiger partial charge in [-0.2, -0.15) is 5.10 Å². The molecule has 1 aliphatic heterocycles. The van der Waals surface area contributed by atoms with Crippen LogP contribution in [0, 0.1) is 5.92 Å². The molecule has 120 valence electrons. The van der Waals surface area contributed by atoms with Gasteiger partial charge in [-0.15, -0.1) is 0 Å². The molecule has 7 nitrogen and oxygen atoms in total. The zero-order chi connectivity index (χ0) is 15.6. The number of hydrogen-bond acceptors (Lipinski definition) is 5. The number of rotatable bonds is 5. The maximum Gasteiger partial charge on any atom is 0.178 e. The van der Waals surface area contributed by atoms with Gasteiger partial charge in [-0.3, -0.25) is 10.00 Å². The van der Waals surface area contributed by atoms with Crippen molar-refractivity contribution in [3.63, 3.8) is 0 Å². The molecule has 1 saturated heterocycles. The van der Waals surface area contributed by atoms with E-state index in [4.69, 9.17) is 0 Å². The Morgan fingerprint density at radius 2 is 2.27 bits per heavy atom. The molecule has 0 bridgehead atoms. The summed E-state index contributed by atoms with van der Waals surface area (Å²) in [6, 6.07) is 0. The third kappa shape index (κ3) is 3.56. The molecule has 1 unspecified atom stereocenters. The van der Waals surface area contributed by atoms with E-state index < -0.39 is 9.84 Å². The van der Waals surface area contributed by atoms with Crippen LogP contribution in [0.3, 0.4) is 0 Å². The zero-order valence-electron chi connectivity index (χ0n) is 12.6. The fourth-order valence-corrected chi connectivity index (χ4v) is 3.95. The average molecular weight is 323 g/mol. The molecule has 8 heteroatoms. The van der Waals surface area contributed by atoms with Gasteiger partial charge >= 0.3 is 0 Å². The van der Waals surface area contributed by atoms with Crippen molar-refractivity contribution in [2.24, 2.45) is 5.92 Å². The quantitative estimate of drug-likeness (QED) is 0.855. The first-order valence-corrected chi connectivity index (χ1v) is 9.33. The van der Waals surface area contributed by atoms with Crippen LogP contribution in [0.2, 0.25) is 0 Å². The first-order valence-electron chi connectivity index (χ1n) is 7.44. The number of likely N-dealkylation sites (tertiary alicyclic amines) is 1. The van der Waals surface area contributed by atoms with Crippen LogP contribution in [0.5, 0.6) is 0 Å². The molecule has 0 aliphatic carbocycles. The molecule has 2 N–H and O–H groups in total. The van der Waals surface area contributed by atoms with Crippen molar-refractivity contribution in [2.45, 2.75) is 30.7 Å². The number of nitrogens with zero attached hydrogens (tertiary/aromatic N) is 3. The fraction of sp³-hybridized carbons (Fsp3) is 0.571. The average Bonchev–Trinajstić information content (AvgIpc) is 3.10. The van der Waals surface area contributed by atoms with Crippen molar-refractivity contribution < 1.29 is 8.42 Å². The molecule has 3 rings (SSSR count). The summed E-state index contributed by atoms with van der Waals surface area (Å²) in [6.07, 6.45) is 9.15. The van der Waals surface area contributed by atoms with Gasteiger partial charge in [-0.25, -0.2) is 13.4 Å². The van der Waals surface area contributed by atoms with Gasteiger partial charge in [0, 0.05) is 31.2 Å². The van der Waals surface area contributed by atoms with Crippen molar-refractivity contribution >= 4 is 9.84 Å². The largest absolute Gasteiger partial charge is 0.347 e. The highest BCUT2D eigenvalue weighted by molar-refractivity contribution is 7.90. The second kappa shape index (κ2) is 6.21. The number of imidazole rings is 1. The fourth-order valence-electron chi connectivity index (χ4n) is 3.13. The van der Waals surface area contributed by atoms with Crippen LogP contribution in [-0.4, -0.2) is 52.8 Å². The van der Waals surface area contributed by atoms with Crippen LogP contribution >= 0.6 is 0 Å². The van der Waals surface area contributed by atoms with Gasteiger partial charge in [0.1, 0.15) is 4.90 Å². The van der Waals surface area contributed by atoms with Gasteiger partial charge in [0.25, 0.3) is 0 Å². The summed E-state index contributed by atoms with van der Waals surface area (Å²) in [4.78, 5) is 9.89.